The fourth-order valence-electron chi connectivity index (χ4n) is 2.67. The number of carbonyl (C=O) groups excluding carboxylic acids is 2. The van der Waals surface area contributed by atoms with Crippen molar-refractivity contribution in [1.82, 2.24) is 9.80 Å². The van der Waals surface area contributed by atoms with Crippen LogP contribution < -0.4 is 0 Å². The zero-order chi connectivity index (χ0) is 14.7. The number of morpholine rings is 1. The molecule has 0 unspecified atom stereocenters. The van der Waals surface area contributed by atoms with Gasteiger partial charge in [-0.3, -0.25) is 4.79 Å². The molecule has 21 heavy (non-hydrogen) atoms. The zero-order valence-electron chi connectivity index (χ0n) is 11.7. The number of rotatable bonds is 2. The Bertz CT molecular complexity index is 520. The van der Waals surface area contributed by atoms with Crippen LogP contribution in [0.4, 0.5) is 4.79 Å². The largest absolute Gasteiger partial charge is 0.445 e. The fraction of sp³-hybridized carbons (Fsp3) is 0.467. The van der Waals surface area contributed by atoms with Gasteiger partial charge in [-0.1, -0.05) is 30.3 Å². The van der Waals surface area contributed by atoms with Gasteiger partial charge in [0.2, 0.25) is 5.91 Å². The Balaban J connectivity index is 1.53. The quantitative estimate of drug-likeness (QED) is 0.811. The van der Waals surface area contributed by atoms with Crippen LogP contribution in [0.25, 0.3) is 0 Å². The molecule has 0 aliphatic carbocycles. The average molecular weight is 290 g/mol. The van der Waals surface area contributed by atoms with E-state index in [0.29, 0.717) is 26.2 Å². The predicted molar refractivity (Wildman–Crippen MR) is 74.5 cm³/mol. The van der Waals surface area contributed by atoms with Crippen LogP contribution in [-0.2, 0) is 20.9 Å². The van der Waals surface area contributed by atoms with Crippen molar-refractivity contribution in [1.29, 1.82) is 0 Å². The van der Waals surface area contributed by atoms with Gasteiger partial charge in [0.25, 0.3) is 0 Å². The molecule has 2 aliphatic heterocycles. The first kappa shape index (κ1) is 13.9. The summed E-state index contributed by atoms with van der Waals surface area (Å²) in [5, 5.41) is 0. The van der Waals surface area contributed by atoms with Crippen LogP contribution in [0.1, 0.15) is 5.56 Å². The minimum atomic E-state index is -0.337. The van der Waals surface area contributed by atoms with E-state index >= 15 is 0 Å². The van der Waals surface area contributed by atoms with Gasteiger partial charge in [-0.05, 0) is 5.56 Å². The Morgan fingerprint density at radius 3 is 2.90 bits per heavy atom. The molecule has 1 aromatic carbocycles. The molecule has 2 heterocycles. The van der Waals surface area contributed by atoms with Crippen LogP contribution in [0, 0.1) is 0 Å². The first-order valence-corrected chi connectivity index (χ1v) is 7.07. The molecule has 6 heteroatoms. The van der Waals surface area contributed by atoms with Crippen LogP contribution in [0.5, 0.6) is 0 Å². The zero-order valence-corrected chi connectivity index (χ0v) is 11.7. The monoisotopic (exact) mass is 290 g/mol. The second-order valence-electron chi connectivity index (χ2n) is 5.24. The third-order valence-electron chi connectivity index (χ3n) is 3.80. The molecule has 0 aromatic heterocycles. The molecule has 0 spiro atoms. The number of hydrogen-bond acceptors (Lipinski definition) is 4. The second kappa shape index (κ2) is 6.13. The Kier molecular flexibility index (Phi) is 4.06. The van der Waals surface area contributed by atoms with Gasteiger partial charge >= 0.3 is 6.09 Å². The summed E-state index contributed by atoms with van der Waals surface area (Å²) in [4.78, 5) is 27.2. The van der Waals surface area contributed by atoms with Crippen LogP contribution in [-0.4, -0.2) is 60.7 Å². The van der Waals surface area contributed by atoms with Gasteiger partial charge in [0.1, 0.15) is 13.2 Å². The van der Waals surface area contributed by atoms with Crippen LogP contribution in [0.3, 0.4) is 0 Å². The molecule has 1 atom stereocenters. The third-order valence-corrected chi connectivity index (χ3v) is 3.80. The van der Waals surface area contributed by atoms with E-state index in [1.54, 1.807) is 9.80 Å². The van der Waals surface area contributed by atoms with Crippen LogP contribution in [0.2, 0.25) is 0 Å². The van der Waals surface area contributed by atoms with E-state index in [-0.39, 0.29) is 31.3 Å². The van der Waals surface area contributed by atoms with E-state index < -0.39 is 0 Å². The molecule has 0 saturated carbocycles. The number of carbonyl (C=O) groups is 2. The second-order valence-corrected chi connectivity index (χ2v) is 5.24. The topological polar surface area (TPSA) is 59.1 Å². The summed E-state index contributed by atoms with van der Waals surface area (Å²) in [6.07, 6.45) is -0.337. The Labute approximate surface area is 123 Å². The van der Waals surface area contributed by atoms with Gasteiger partial charge in [-0.25, -0.2) is 4.79 Å². The number of ether oxygens (including phenoxy) is 2. The summed E-state index contributed by atoms with van der Waals surface area (Å²) >= 11 is 0. The molecule has 6 nitrogen and oxygen atoms in total. The molecule has 112 valence electrons. The van der Waals surface area contributed by atoms with Crippen LogP contribution >= 0.6 is 0 Å². The lowest BCUT2D eigenvalue weighted by molar-refractivity contribution is -0.151. The number of amides is 2. The maximum Gasteiger partial charge on any atom is 0.410 e. The summed E-state index contributed by atoms with van der Waals surface area (Å²) in [7, 11) is 0. The fourth-order valence-corrected chi connectivity index (χ4v) is 2.67. The third kappa shape index (κ3) is 3.16. The number of benzene rings is 1. The number of piperazine rings is 1. The number of fused-ring (bicyclic) bond motifs is 1. The number of hydrogen-bond donors (Lipinski definition) is 0. The minimum Gasteiger partial charge on any atom is -0.445 e. The van der Waals surface area contributed by atoms with Gasteiger partial charge in [0, 0.05) is 19.6 Å². The van der Waals surface area contributed by atoms with Gasteiger partial charge in [0.15, 0.2) is 0 Å². The Hall–Kier alpha value is -2.08. The van der Waals surface area contributed by atoms with E-state index in [9.17, 15) is 9.59 Å². The van der Waals surface area contributed by atoms with Crippen molar-refractivity contribution in [3.63, 3.8) is 0 Å². The van der Waals surface area contributed by atoms with E-state index in [0.717, 1.165) is 5.56 Å². The lowest BCUT2D eigenvalue weighted by Crippen LogP contribution is -2.61. The molecule has 2 aliphatic rings. The molecule has 2 fully saturated rings. The molecular formula is C15H18N2O4. The van der Waals surface area contributed by atoms with Gasteiger partial charge in [-0.2, -0.15) is 0 Å². The number of nitrogens with zero attached hydrogens (tertiary/aromatic N) is 2. The average Bonchev–Trinajstić information content (AvgIpc) is 2.53. The van der Waals surface area contributed by atoms with Crippen molar-refractivity contribution in [2.24, 2.45) is 0 Å². The van der Waals surface area contributed by atoms with Gasteiger partial charge < -0.3 is 19.3 Å². The Morgan fingerprint density at radius 2 is 2.10 bits per heavy atom. The van der Waals surface area contributed by atoms with E-state index in [4.69, 9.17) is 9.47 Å². The molecule has 2 saturated heterocycles. The van der Waals surface area contributed by atoms with E-state index in [2.05, 4.69) is 0 Å². The summed E-state index contributed by atoms with van der Waals surface area (Å²) < 4.78 is 10.6. The molecular weight excluding hydrogens is 272 g/mol. The van der Waals surface area contributed by atoms with E-state index in [1.165, 1.54) is 0 Å². The molecule has 2 amide bonds. The maximum atomic E-state index is 12.1. The summed E-state index contributed by atoms with van der Waals surface area (Å²) in [6.45, 7) is 2.42. The van der Waals surface area contributed by atoms with Crippen LogP contribution in [0.15, 0.2) is 30.3 Å². The maximum absolute atomic E-state index is 12.1. The van der Waals surface area contributed by atoms with Crippen molar-refractivity contribution in [3.05, 3.63) is 35.9 Å². The normalized spacial score (nSPS) is 21.9. The van der Waals surface area contributed by atoms with E-state index in [1.807, 2.05) is 30.3 Å². The lowest BCUT2D eigenvalue weighted by atomic mass is 10.1. The SMILES string of the molecule is O=C(OCc1ccccc1)N1CCN2C(=O)COC[C@@H]2C1. The highest BCUT2D eigenvalue weighted by Crippen LogP contribution is 2.16. The van der Waals surface area contributed by atoms with Crippen molar-refractivity contribution in [3.8, 4) is 0 Å². The molecule has 0 N–H and O–H groups in total. The molecule has 3 rings (SSSR count). The highest BCUT2D eigenvalue weighted by molar-refractivity contribution is 5.79. The molecule has 0 radical (unpaired) electrons. The molecule has 1 aromatic rings. The summed E-state index contributed by atoms with van der Waals surface area (Å²) in [5.74, 6) is 0.00329. The first-order valence-electron chi connectivity index (χ1n) is 7.07. The Morgan fingerprint density at radius 1 is 1.29 bits per heavy atom. The molecule has 0 bridgehead atoms. The highest BCUT2D eigenvalue weighted by atomic mass is 16.6. The lowest BCUT2D eigenvalue weighted by Gasteiger charge is -2.43. The summed E-state index contributed by atoms with van der Waals surface area (Å²) in [6, 6.07) is 9.52. The minimum absolute atomic E-state index is 0.00329. The smallest absolute Gasteiger partial charge is 0.410 e. The van der Waals surface area contributed by atoms with Gasteiger partial charge in [0.05, 0.1) is 12.6 Å². The van der Waals surface area contributed by atoms with Crippen molar-refractivity contribution in [2.45, 2.75) is 12.6 Å². The van der Waals surface area contributed by atoms with Crippen molar-refractivity contribution in [2.75, 3.05) is 32.8 Å². The van der Waals surface area contributed by atoms with Crippen molar-refractivity contribution >= 4 is 12.0 Å². The van der Waals surface area contributed by atoms with Crippen molar-refractivity contribution < 1.29 is 19.1 Å². The van der Waals surface area contributed by atoms with Gasteiger partial charge in [-0.15, -0.1) is 0 Å². The highest BCUT2D eigenvalue weighted by Gasteiger charge is 2.35. The summed E-state index contributed by atoms with van der Waals surface area (Å²) in [5.41, 5.74) is 0.959. The predicted octanol–water partition coefficient (Wildman–Crippen LogP) is 0.866. The first-order chi connectivity index (χ1) is 10.2. The standard InChI is InChI=1S/C15H18N2O4/c18-14-11-20-10-13-8-16(6-7-17(13)14)15(19)21-9-12-4-2-1-3-5-12/h1-5,13H,6-11H2/t13-/m0/s1.